The van der Waals surface area contributed by atoms with E-state index < -0.39 is 5.92 Å². The van der Waals surface area contributed by atoms with Crippen molar-refractivity contribution in [2.75, 3.05) is 0 Å². The molecule has 0 spiro atoms. The first kappa shape index (κ1) is 16.3. The predicted molar refractivity (Wildman–Crippen MR) is 96.4 cm³/mol. The zero-order chi connectivity index (χ0) is 17.4. The number of aryl methyl sites for hydroxylation is 1. The zero-order valence-corrected chi connectivity index (χ0v) is 14.4. The molecule has 1 nitrogen and oxygen atoms in total. The lowest BCUT2D eigenvalue weighted by atomic mass is 9.81. The fourth-order valence-corrected chi connectivity index (χ4v) is 3.96. The molecule has 0 N–H and O–H groups in total. The van der Waals surface area contributed by atoms with E-state index in [-0.39, 0.29) is 18.8 Å². The number of hydrogen-bond donors (Lipinski definition) is 0. The van der Waals surface area contributed by atoms with E-state index in [4.69, 9.17) is 4.42 Å². The van der Waals surface area contributed by atoms with Gasteiger partial charge in [-0.15, -0.1) is 0 Å². The van der Waals surface area contributed by atoms with Crippen LogP contribution >= 0.6 is 0 Å². The van der Waals surface area contributed by atoms with Gasteiger partial charge in [-0.3, -0.25) is 0 Å². The Balaban J connectivity index is 1.71. The van der Waals surface area contributed by atoms with Crippen LogP contribution in [0.5, 0.6) is 0 Å². The smallest absolute Gasteiger partial charge is 0.248 e. The summed E-state index contributed by atoms with van der Waals surface area (Å²) >= 11 is 0. The van der Waals surface area contributed by atoms with Gasteiger partial charge in [-0.05, 0) is 60.9 Å². The second-order valence-electron chi connectivity index (χ2n) is 7.25. The van der Waals surface area contributed by atoms with Gasteiger partial charge in [0.25, 0.3) is 0 Å². The molecule has 3 heteroatoms. The van der Waals surface area contributed by atoms with Crippen molar-refractivity contribution in [3.05, 3.63) is 71.0 Å². The van der Waals surface area contributed by atoms with Crippen LogP contribution in [0.15, 0.2) is 52.9 Å². The van der Waals surface area contributed by atoms with Crippen molar-refractivity contribution in [1.29, 1.82) is 0 Å². The van der Waals surface area contributed by atoms with E-state index in [2.05, 4.69) is 24.3 Å². The lowest BCUT2D eigenvalue weighted by molar-refractivity contribution is -0.0381. The second-order valence-corrected chi connectivity index (χ2v) is 7.25. The van der Waals surface area contributed by atoms with E-state index in [1.807, 2.05) is 31.2 Å². The molecule has 1 aliphatic carbocycles. The number of fused-ring (bicyclic) bond motifs is 1. The molecule has 0 unspecified atom stereocenters. The van der Waals surface area contributed by atoms with Gasteiger partial charge in [-0.1, -0.05) is 36.4 Å². The second kappa shape index (κ2) is 6.29. The van der Waals surface area contributed by atoms with Gasteiger partial charge in [-0.25, -0.2) is 8.78 Å². The molecule has 0 bridgehead atoms. The van der Waals surface area contributed by atoms with Crippen LogP contribution in [0.2, 0.25) is 0 Å². The van der Waals surface area contributed by atoms with E-state index in [0.717, 1.165) is 28.7 Å². The average Bonchev–Trinajstić information content (AvgIpc) is 2.95. The Hall–Kier alpha value is -2.16. The van der Waals surface area contributed by atoms with Crippen LogP contribution in [-0.2, 0) is 6.42 Å². The highest BCUT2D eigenvalue weighted by molar-refractivity contribution is 5.82. The third-order valence-corrected chi connectivity index (χ3v) is 5.24. The fraction of sp³-hybridized carbons (Fsp3) is 0.364. The van der Waals surface area contributed by atoms with Crippen molar-refractivity contribution in [1.82, 2.24) is 0 Å². The molecule has 130 valence electrons. The summed E-state index contributed by atoms with van der Waals surface area (Å²) in [7, 11) is 0. The van der Waals surface area contributed by atoms with E-state index in [1.54, 1.807) is 0 Å². The number of hydrogen-bond acceptors (Lipinski definition) is 1. The van der Waals surface area contributed by atoms with Gasteiger partial charge in [0.15, 0.2) is 0 Å². The molecular formula is C22H22F2O. The van der Waals surface area contributed by atoms with Crippen LogP contribution in [0.4, 0.5) is 8.78 Å². The zero-order valence-electron chi connectivity index (χ0n) is 14.4. The van der Waals surface area contributed by atoms with Gasteiger partial charge in [0, 0.05) is 18.2 Å². The fourth-order valence-electron chi connectivity index (χ4n) is 3.96. The van der Waals surface area contributed by atoms with Crippen LogP contribution in [-0.4, -0.2) is 5.92 Å². The lowest BCUT2D eigenvalue weighted by Crippen LogP contribution is -2.23. The molecule has 1 saturated carbocycles. The Kier molecular flexibility index (Phi) is 4.10. The lowest BCUT2D eigenvalue weighted by Gasteiger charge is -2.28. The van der Waals surface area contributed by atoms with Crippen LogP contribution in [0.25, 0.3) is 11.0 Å². The van der Waals surface area contributed by atoms with Gasteiger partial charge in [-0.2, -0.15) is 0 Å². The predicted octanol–water partition coefficient (Wildman–Crippen LogP) is 6.62. The number of furan rings is 1. The molecule has 25 heavy (non-hydrogen) atoms. The van der Waals surface area contributed by atoms with Gasteiger partial charge in [0.05, 0.1) is 0 Å². The van der Waals surface area contributed by atoms with Gasteiger partial charge < -0.3 is 4.42 Å². The van der Waals surface area contributed by atoms with Gasteiger partial charge in [0.2, 0.25) is 5.92 Å². The average molecular weight is 340 g/mol. The van der Waals surface area contributed by atoms with Crippen LogP contribution in [0, 0.1) is 6.92 Å². The molecule has 1 heterocycles. The van der Waals surface area contributed by atoms with Crippen molar-refractivity contribution in [3.63, 3.8) is 0 Å². The summed E-state index contributed by atoms with van der Waals surface area (Å²) in [6.07, 6.45) is 1.84. The SMILES string of the molecule is Cc1cc2cc(Cc3ccccc3)cc(C3CCC(F)(F)CC3)c2o1. The highest BCUT2D eigenvalue weighted by Crippen LogP contribution is 2.43. The Morgan fingerprint density at radius 1 is 1.00 bits per heavy atom. The maximum Gasteiger partial charge on any atom is 0.248 e. The normalized spacial score (nSPS) is 17.9. The molecule has 1 aliphatic rings. The number of halogens is 2. The molecule has 0 amide bonds. The monoisotopic (exact) mass is 340 g/mol. The number of alkyl halides is 2. The Morgan fingerprint density at radius 2 is 1.72 bits per heavy atom. The van der Waals surface area contributed by atoms with Crippen LogP contribution in [0.3, 0.4) is 0 Å². The molecule has 4 rings (SSSR count). The first-order valence-electron chi connectivity index (χ1n) is 8.95. The number of rotatable bonds is 3. The third-order valence-electron chi connectivity index (χ3n) is 5.24. The largest absolute Gasteiger partial charge is 0.461 e. The molecule has 3 aromatic rings. The minimum atomic E-state index is -2.50. The minimum Gasteiger partial charge on any atom is -0.461 e. The van der Waals surface area contributed by atoms with E-state index in [0.29, 0.717) is 12.8 Å². The minimum absolute atomic E-state index is 0.0260. The first-order chi connectivity index (χ1) is 12.0. The summed E-state index contributed by atoms with van der Waals surface area (Å²) in [5.41, 5.74) is 4.45. The summed E-state index contributed by atoms with van der Waals surface area (Å²) in [4.78, 5) is 0. The molecule has 0 saturated heterocycles. The highest BCUT2D eigenvalue weighted by atomic mass is 19.3. The summed E-state index contributed by atoms with van der Waals surface area (Å²) in [5, 5.41) is 1.08. The van der Waals surface area contributed by atoms with Crippen LogP contribution < -0.4 is 0 Å². The summed E-state index contributed by atoms with van der Waals surface area (Å²) in [5.74, 6) is -1.48. The van der Waals surface area contributed by atoms with Crippen molar-refractivity contribution in [2.45, 2.75) is 50.9 Å². The first-order valence-corrected chi connectivity index (χ1v) is 8.95. The van der Waals surface area contributed by atoms with E-state index in [1.165, 1.54) is 11.1 Å². The van der Waals surface area contributed by atoms with Gasteiger partial charge in [0.1, 0.15) is 11.3 Å². The molecule has 0 radical (unpaired) electrons. The Bertz CT molecular complexity index is 870. The standard InChI is InChI=1S/C22H22F2O/c1-15-11-19-13-17(12-16-5-3-2-4-6-16)14-20(21(19)25-15)18-7-9-22(23,24)10-8-18/h2-6,11,13-14,18H,7-10,12H2,1H3. The molecule has 1 aromatic heterocycles. The maximum atomic E-state index is 13.6. The quantitative estimate of drug-likeness (QED) is 0.522. The number of benzene rings is 2. The Labute approximate surface area is 146 Å². The molecule has 0 atom stereocenters. The maximum absolute atomic E-state index is 13.6. The van der Waals surface area contributed by atoms with Gasteiger partial charge >= 0.3 is 0 Å². The Morgan fingerprint density at radius 3 is 2.44 bits per heavy atom. The van der Waals surface area contributed by atoms with E-state index in [9.17, 15) is 8.78 Å². The molecular weight excluding hydrogens is 318 g/mol. The van der Waals surface area contributed by atoms with Crippen molar-refractivity contribution in [2.24, 2.45) is 0 Å². The van der Waals surface area contributed by atoms with Crippen molar-refractivity contribution in [3.8, 4) is 0 Å². The summed E-state index contributed by atoms with van der Waals surface area (Å²) < 4.78 is 33.0. The molecule has 1 fully saturated rings. The summed E-state index contributed by atoms with van der Waals surface area (Å²) in [6, 6.07) is 16.7. The third kappa shape index (κ3) is 3.46. The van der Waals surface area contributed by atoms with Crippen molar-refractivity contribution < 1.29 is 13.2 Å². The molecule has 0 aliphatic heterocycles. The van der Waals surface area contributed by atoms with Crippen molar-refractivity contribution >= 4 is 11.0 Å². The topological polar surface area (TPSA) is 13.1 Å². The highest BCUT2D eigenvalue weighted by Gasteiger charge is 2.36. The van der Waals surface area contributed by atoms with E-state index >= 15 is 0 Å². The summed E-state index contributed by atoms with van der Waals surface area (Å²) in [6.45, 7) is 1.94. The molecule has 2 aromatic carbocycles. The van der Waals surface area contributed by atoms with Crippen LogP contribution in [0.1, 0.15) is 54.1 Å².